The average Bonchev–Trinajstić information content (AvgIpc) is 1.61. The molecule has 0 aromatic rings. The van der Waals surface area contributed by atoms with E-state index in [1.807, 2.05) is 0 Å². The summed E-state index contributed by atoms with van der Waals surface area (Å²) < 4.78 is 19.3. The molecule has 0 aromatic carbocycles. The van der Waals surface area contributed by atoms with Crippen molar-refractivity contribution in [2.75, 3.05) is 25.0 Å². The Balaban J connectivity index is 0. The monoisotopic (exact) mass is 188 g/mol. The number of hydrogen-bond acceptors (Lipinski definition) is 4. The van der Waals surface area contributed by atoms with Gasteiger partial charge in [-0.25, -0.2) is 8.42 Å². The van der Waals surface area contributed by atoms with Crippen LogP contribution in [0.4, 0.5) is 0 Å². The zero-order valence-corrected chi connectivity index (χ0v) is 8.49. The van der Waals surface area contributed by atoms with Crippen molar-refractivity contribution >= 4 is 31.4 Å². The van der Waals surface area contributed by atoms with Crippen LogP contribution in [0.25, 0.3) is 0 Å². The molecule has 9 heavy (non-hydrogen) atoms. The Labute approximate surface area is 65.1 Å². The van der Waals surface area contributed by atoms with Gasteiger partial charge in [-0.2, -0.15) is 0 Å². The zero-order chi connectivity index (χ0) is 7.91. The maximum Gasteiger partial charge on any atom is 0.144 e. The Morgan fingerprint density at radius 2 is 1.11 bits per heavy atom. The van der Waals surface area contributed by atoms with Crippen molar-refractivity contribution in [2.45, 2.75) is 0 Å². The average molecular weight is 188 g/mol. The van der Waals surface area contributed by atoms with Gasteiger partial charge in [-0.05, 0) is 12.5 Å². The van der Waals surface area contributed by atoms with Crippen LogP contribution >= 0.6 is 21.6 Å². The fourth-order valence-electron chi connectivity index (χ4n) is 0. The molecule has 0 saturated heterocycles. The van der Waals surface area contributed by atoms with Gasteiger partial charge in [-0.15, -0.1) is 0 Å². The molecule has 0 saturated carbocycles. The molecule has 0 amide bonds. The van der Waals surface area contributed by atoms with Crippen molar-refractivity contribution in [1.82, 2.24) is 0 Å². The lowest BCUT2D eigenvalue weighted by Crippen LogP contribution is -1.86. The minimum absolute atomic E-state index is 1.16. The minimum Gasteiger partial charge on any atom is -0.229 e. The lowest BCUT2D eigenvalue weighted by atomic mass is 11.9. The van der Waals surface area contributed by atoms with Gasteiger partial charge in [-0.3, -0.25) is 0 Å². The first-order chi connectivity index (χ1) is 3.91. The van der Waals surface area contributed by atoms with Crippen LogP contribution in [0.15, 0.2) is 0 Å². The molecule has 0 bridgehead atoms. The molecule has 0 aromatic heterocycles. The molecule has 0 aliphatic rings. The van der Waals surface area contributed by atoms with Crippen LogP contribution in [0.3, 0.4) is 0 Å². The molecule has 5 heteroatoms. The van der Waals surface area contributed by atoms with Gasteiger partial charge in [0.1, 0.15) is 9.84 Å². The number of hydrogen-bond donors (Lipinski definition) is 0. The highest BCUT2D eigenvalue weighted by atomic mass is 33.1. The predicted octanol–water partition coefficient (Wildman–Crippen LogP) is 1.29. The van der Waals surface area contributed by atoms with Crippen LogP contribution in [0.2, 0.25) is 0 Å². The molecule has 0 rings (SSSR count). The van der Waals surface area contributed by atoms with Crippen LogP contribution < -0.4 is 0 Å². The van der Waals surface area contributed by atoms with E-state index >= 15 is 0 Å². The third kappa shape index (κ3) is 141. The van der Waals surface area contributed by atoms with E-state index in [2.05, 4.69) is 12.5 Å². The summed E-state index contributed by atoms with van der Waals surface area (Å²) in [5.74, 6) is 0. The van der Waals surface area contributed by atoms with Crippen LogP contribution in [0.1, 0.15) is 0 Å². The van der Waals surface area contributed by atoms with Crippen LogP contribution in [0.5, 0.6) is 0 Å². The maximum absolute atomic E-state index is 9.63. The molecular formula is C4H12O2S3. The predicted molar refractivity (Wildman–Crippen MR) is 47.8 cm³/mol. The van der Waals surface area contributed by atoms with Crippen molar-refractivity contribution in [3.05, 3.63) is 0 Å². The molecule has 58 valence electrons. The van der Waals surface area contributed by atoms with Gasteiger partial charge >= 0.3 is 0 Å². The molecule has 0 fully saturated rings. The summed E-state index contributed by atoms with van der Waals surface area (Å²) >= 11 is 0. The Kier molecular flexibility index (Phi) is 9.27. The highest BCUT2D eigenvalue weighted by Gasteiger charge is 1.79. The molecule has 0 aliphatic heterocycles. The SMILES string of the molecule is CS(C)(=O)=O.CSSC. The largest absolute Gasteiger partial charge is 0.229 e. The Bertz CT molecular complexity index is 117. The standard InChI is InChI=1S/C2H6O2S.C2H6S2/c1-5(2,3)4;1-3-4-2/h1-2H3;1-2H3. The first kappa shape index (κ1) is 12.3. The third-order valence-electron chi connectivity index (χ3n) is 0.167. The molecule has 0 unspecified atom stereocenters. The Morgan fingerprint density at radius 1 is 1.00 bits per heavy atom. The van der Waals surface area contributed by atoms with Gasteiger partial charge in [0.15, 0.2) is 0 Å². The van der Waals surface area contributed by atoms with Gasteiger partial charge < -0.3 is 0 Å². The van der Waals surface area contributed by atoms with E-state index in [-0.39, 0.29) is 0 Å². The molecule has 2 nitrogen and oxygen atoms in total. The fourth-order valence-corrected chi connectivity index (χ4v) is 0. The Hall–Kier alpha value is 0.650. The fraction of sp³-hybridized carbons (Fsp3) is 1.00. The first-order valence-corrected chi connectivity index (χ1v) is 7.40. The molecule has 0 atom stereocenters. The molecule has 0 spiro atoms. The lowest BCUT2D eigenvalue weighted by molar-refractivity contribution is 0.607. The van der Waals surface area contributed by atoms with Crippen molar-refractivity contribution in [3.63, 3.8) is 0 Å². The van der Waals surface area contributed by atoms with Crippen LogP contribution in [0, 0.1) is 0 Å². The maximum atomic E-state index is 9.63. The van der Waals surface area contributed by atoms with Gasteiger partial charge in [0.05, 0.1) is 0 Å². The van der Waals surface area contributed by atoms with E-state index < -0.39 is 9.84 Å². The summed E-state index contributed by atoms with van der Waals surface area (Å²) in [5, 5.41) is 0. The van der Waals surface area contributed by atoms with Crippen molar-refractivity contribution in [1.29, 1.82) is 0 Å². The molecule has 0 heterocycles. The summed E-state index contributed by atoms with van der Waals surface area (Å²) in [4.78, 5) is 0. The van der Waals surface area contributed by atoms with E-state index in [1.54, 1.807) is 21.6 Å². The second-order valence-corrected chi connectivity index (χ2v) is 6.43. The van der Waals surface area contributed by atoms with Crippen LogP contribution in [-0.4, -0.2) is 33.4 Å². The quantitative estimate of drug-likeness (QED) is 0.581. The lowest BCUT2D eigenvalue weighted by Gasteiger charge is -1.69. The van der Waals surface area contributed by atoms with E-state index in [9.17, 15) is 8.42 Å². The van der Waals surface area contributed by atoms with Gasteiger partial charge in [0, 0.05) is 12.5 Å². The summed E-state index contributed by atoms with van der Waals surface area (Å²) in [7, 11) is 0.880. The molecule has 0 radical (unpaired) electrons. The van der Waals surface area contributed by atoms with Gasteiger partial charge in [0.2, 0.25) is 0 Å². The van der Waals surface area contributed by atoms with Crippen molar-refractivity contribution < 1.29 is 8.42 Å². The summed E-state index contributed by atoms with van der Waals surface area (Å²) in [5.41, 5.74) is 0. The second kappa shape index (κ2) is 6.77. The van der Waals surface area contributed by atoms with Gasteiger partial charge in [0.25, 0.3) is 0 Å². The minimum atomic E-state index is -2.67. The van der Waals surface area contributed by atoms with E-state index in [1.165, 1.54) is 0 Å². The normalized spacial score (nSPS) is 9.78. The summed E-state index contributed by atoms with van der Waals surface area (Å²) in [6.45, 7) is 0. The van der Waals surface area contributed by atoms with Crippen molar-refractivity contribution in [2.24, 2.45) is 0 Å². The van der Waals surface area contributed by atoms with E-state index in [4.69, 9.17) is 0 Å². The molecule has 0 aliphatic carbocycles. The second-order valence-electron chi connectivity index (χ2n) is 1.48. The molecular weight excluding hydrogens is 176 g/mol. The highest BCUT2D eigenvalue weighted by molar-refractivity contribution is 8.76. The summed E-state index contributed by atoms with van der Waals surface area (Å²) in [6, 6.07) is 0. The third-order valence-corrected chi connectivity index (χ3v) is 1.50. The van der Waals surface area contributed by atoms with Crippen molar-refractivity contribution in [3.8, 4) is 0 Å². The van der Waals surface area contributed by atoms with E-state index in [0.717, 1.165) is 12.5 Å². The molecule has 0 N–H and O–H groups in total. The van der Waals surface area contributed by atoms with Crippen LogP contribution in [-0.2, 0) is 9.84 Å². The highest BCUT2D eigenvalue weighted by Crippen LogP contribution is 2.09. The Morgan fingerprint density at radius 3 is 1.11 bits per heavy atom. The number of sulfone groups is 1. The zero-order valence-electron chi connectivity index (χ0n) is 6.04. The van der Waals surface area contributed by atoms with Gasteiger partial charge in [-0.1, -0.05) is 21.6 Å². The van der Waals surface area contributed by atoms with E-state index in [0.29, 0.717) is 0 Å². The number of rotatable bonds is 1. The smallest absolute Gasteiger partial charge is 0.144 e. The summed E-state index contributed by atoms with van der Waals surface area (Å²) in [6.07, 6.45) is 6.44. The first-order valence-electron chi connectivity index (χ1n) is 2.13. The topological polar surface area (TPSA) is 34.1 Å².